The number of fused-ring (bicyclic) bond motifs is 3. The molecule has 1 fully saturated rings. The minimum atomic E-state index is -0.464. The molecule has 5 heterocycles. The van der Waals surface area contributed by atoms with Crippen LogP contribution in [0.25, 0.3) is 0 Å². The molecule has 0 amide bonds. The topological polar surface area (TPSA) is 103 Å². The summed E-state index contributed by atoms with van der Waals surface area (Å²) in [6.07, 6.45) is 3.01. The van der Waals surface area contributed by atoms with Gasteiger partial charge in [-0.05, 0) is 12.1 Å². The Labute approximate surface area is 175 Å². The number of nitrogens with zero attached hydrogens (tertiary/aromatic N) is 7. The van der Waals surface area contributed by atoms with Gasteiger partial charge in [-0.3, -0.25) is 4.90 Å². The molecule has 11 heteroatoms. The largest absolute Gasteiger partial charge is 0.474 e. The molecule has 0 aromatic carbocycles. The summed E-state index contributed by atoms with van der Waals surface area (Å²) in [6.45, 7) is 3.05. The molecule has 1 unspecified atom stereocenters. The molecule has 0 aliphatic carbocycles. The number of rotatable bonds is 4. The van der Waals surface area contributed by atoms with E-state index in [1.54, 1.807) is 12.3 Å². The van der Waals surface area contributed by atoms with E-state index in [0.717, 1.165) is 18.8 Å². The van der Waals surface area contributed by atoms with Gasteiger partial charge in [0.05, 0.1) is 11.7 Å². The Morgan fingerprint density at radius 1 is 1.30 bits per heavy atom. The van der Waals surface area contributed by atoms with Crippen LogP contribution >= 0.6 is 11.3 Å². The van der Waals surface area contributed by atoms with Crippen molar-refractivity contribution in [1.29, 1.82) is 5.26 Å². The van der Waals surface area contributed by atoms with Crippen LogP contribution in [0.3, 0.4) is 0 Å². The van der Waals surface area contributed by atoms with E-state index in [2.05, 4.69) is 35.1 Å². The predicted molar refractivity (Wildman–Crippen MR) is 108 cm³/mol. The molecule has 152 valence electrons. The molecule has 30 heavy (non-hydrogen) atoms. The van der Waals surface area contributed by atoms with E-state index in [4.69, 9.17) is 10.00 Å². The van der Waals surface area contributed by atoms with Gasteiger partial charge in [0.1, 0.15) is 30.4 Å². The Kier molecular flexibility index (Phi) is 4.86. The van der Waals surface area contributed by atoms with Gasteiger partial charge in [-0.2, -0.15) is 5.26 Å². The molecule has 3 aromatic heterocycles. The van der Waals surface area contributed by atoms with E-state index in [9.17, 15) is 4.39 Å². The van der Waals surface area contributed by atoms with Gasteiger partial charge >= 0.3 is 0 Å². The highest BCUT2D eigenvalue weighted by Crippen LogP contribution is 2.34. The number of thiazole rings is 1. The Morgan fingerprint density at radius 3 is 3.07 bits per heavy atom. The SMILES string of the molecule is N#Cc1ccc2c(n1)OCC1CN(Cc3ncnc(Nc4nccs4)c3F)CCN21. The van der Waals surface area contributed by atoms with Gasteiger partial charge < -0.3 is 15.0 Å². The van der Waals surface area contributed by atoms with Crippen molar-refractivity contribution in [1.82, 2.24) is 24.8 Å². The quantitative estimate of drug-likeness (QED) is 0.675. The summed E-state index contributed by atoms with van der Waals surface area (Å²) in [5, 5.41) is 14.3. The Hall–Kier alpha value is -3.36. The highest BCUT2D eigenvalue weighted by atomic mass is 32.1. The molecule has 2 aliphatic heterocycles. The minimum Gasteiger partial charge on any atom is -0.474 e. The Bertz CT molecular complexity index is 1100. The van der Waals surface area contributed by atoms with Crippen molar-refractivity contribution < 1.29 is 9.13 Å². The molecule has 1 N–H and O–H groups in total. The molecule has 5 rings (SSSR count). The second-order valence-corrected chi connectivity index (χ2v) is 7.87. The molecule has 0 bridgehead atoms. The van der Waals surface area contributed by atoms with E-state index < -0.39 is 5.82 Å². The van der Waals surface area contributed by atoms with Gasteiger partial charge in [0.25, 0.3) is 0 Å². The molecule has 2 aliphatic rings. The van der Waals surface area contributed by atoms with Crippen LogP contribution in [0.2, 0.25) is 0 Å². The highest BCUT2D eigenvalue weighted by Gasteiger charge is 2.34. The van der Waals surface area contributed by atoms with E-state index in [0.29, 0.717) is 42.1 Å². The van der Waals surface area contributed by atoms with Crippen molar-refractivity contribution >= 4 is 28.0 Å². The van der Waals surface area contributed by atoms with Crippen molar-refractivity contribution in [2.75, 3.05) is 36.5 Å². The molecular weight excluding hydrogens is 407 g/mol. The van der Waals surface area contributed by atoms with E-state index in [1.165, 1.54) is 17.7 Å². The van der Waals surface area contributed by atoms with Crippen LogP contribution in [0.5, 0.6) is 5.88 Å². The zero-order chi connectivity index (χ0) is 20.5. The predicted octanol–water partition coefficient (Wildman–Crippen LogP) is 2.17. The third-order valence-electron chi connectivity index (χ3n) is 5.14. The molecule has 0 radical (unpaired) electrons. The van der Waals surface area contributed by atoms with Crippen LogP contribution in [0.1, 0.15) is 11.4 Å². The van der Waals surface area contributed by atoms with Crippen molar-refractivity contribution in [3.05, 3.63) is 47.2 Å². The number of pyridine rings is 1. The van der Waals surface area contributed by atoms with E-state index >= 15 is 0 Å². The molecule has 1 atom stereocenters. The van der Waals surface area contributed by atoms with Crippen molar-refractivity contribution in [3.8, 4) is 11.9 Å². The smallest absolute Gasteiger partial charge is 0.238 e. The second kappa shape index (κ2) is 7.81. The van der Waals surface area contributed by atoms with E-state index in [-0.39, 0.29) is 11.9 Å². The molecular formula is C19H17FN8OS. The normalized spacial score (nSPS) is 18.1. The number of hydrogen-bond acceptors (Lipinski definition) is 10. The number of nitriles is 1. The zero-order valence-corrected chi connectivity index (χ0v) is 16.6. The van der Waals surface area contributed by atoms with Crippen molar-refractivity contribution in [2.24, 2.45) is 0 Å². The van der Waals surface area contributed by atoms with Gasteiger partial charge in [0.2, 0.25) is 5.88 Å². The van der Waals surface area contributed by atoms with Gasteiger partial charge in [-0.1, -0.05) is 0 Å². The summed E-state index contributed by atoms with van der Waals surface area (Å²) in [5.74, 6) is 0.162. The minimum absolute atomic E-state index is 0.124. The number of anilines is 3. The number of nitrogens with one attached hydrogen (secondary N) is 1. The van der Waals surface area contributed by atoms with Gasteiger partial charge in [-0.25, -0.2) is 24.3 Å². The lowest BCUT2D eigenvalue weighted by atomic mass is 10.1. The second-order valence-electron chi connectivity index (χ2n) is 6.97. The zero-order valence-electron chi connectivity index (χ0n) is 15.8. The Morgan fingerprint density at radius 2 is 2.23 bits per heavy atom. The summed E-state index contributed by atoms with van der Waals surface area (Å²) in [6, 6.07) is 5.73. The molecule has 9 nitrogen and oxygen atoms in total. The summed E-state index contributed by atoms with van der Waals surface area (Å²) in [7, 11) is 0. The van der Waals surface area contributed by atoms with Gasteiger partial charge in [0.15, 0.2) is 16.8 Å². The lowest BCUT2D eigenvalue weighted by Crippen LogP contribution is -2.57. The fraction of sp³-hybridized carbons (Fsp3) is 0.316. The average Bonchev–Trinajstić information content (AvgIpc) is 3.29. The first-order valence-corrected chi connectivity index (χ1v) is 10.3. The first-order chi connectivity index (χ1) is 14.7. The van der Waals surface area contributed by atoms with Gasteiger partial charge in [0, 0.05) is 37.8 Å². The summed E-state index contributed by atoms with van der Waals surface area (Å²) >= 11 is 1.38. The molecule has 1 saturated heterocycles. The maximum absolute atomic E-state index is 14.9. The first-order valence-electron chi connectivity index (χ1n) is 9.40. The highest BCUT2D eigenvalue weighted by molar-refractivity contribution is 7.13. The number of halogens is 1. The van der Waals surface area contributed by atoms with Crippen molar-refractivity contribution in [2.45, 2.75) is 12.6 Å². The van der Waals surface area contributed by atoms with Crippen LogP contribution in [0.15, 0.2) is 30.0 Å². The third-order valence-corrected chi connectivity index (χ3v) is 5.82. The lowest BCUT2D eigenvalue weighted by molar-refractivity contribution is 0.156. The monoisotopic (exact) mass is 424 g/mol. The fourth-order valence-corrected chi connectivity index (χ4v) is 4.25. The summed E-state index contributed by atoms with van der Waals surface area (Å²) < 4.78 is 20.7. The number of aromatic nitrogens is 4. The summed E-state index contributed by atoms with van der Waals surface area (Å²) in [4.78, 5) is 20.9. The number of ether oxygens (including phenoxy) is 1. The third kappa shape index (κ3) is 3.51. The summed E-state index contributed by atoms with van der Waals surface area (Å²) in [5.41, 5.74) is 1.58. The number of hydrogen-bond donors (Lipinski definition) is 1. The molecule has 0 spiro atoms. The molecule has 0 saturated carbocycles. The maximum atomic E-state index is 14.9. The lowest BCUT2D eigenvalue weighted by Gasteiger charge is -2.45. The fourth-order valence-electron chi connectivity index (χ4n) is 3.72. The first kappa shape index (κ1) is 18.7. The van der Waals surface area contributed by atoms with E-state index in [1.807, 2.05) is 17.5 Å². The number of piperazine rings is 1. The van der Waals surface area contributed by atoms with Crippen LogP contribution in [-0.4, -0.2) is 57.1 Å². The standard InChI is InChI=1S/C19H17FN8OS/c20-16-14(23-11-24-17(16)26-19-22-3-6-30-19)9-27-4-5-28-13(8-27)10-29-18-15(28)2-1-12(7-21)25-18/h1-3,6,11,13H,4-5,8-10H2,(H,22,23,24,26). The van der Waals surface area contributed by atoms with Crippen LogP contribution in [-0.2, 0) is 6.54 Å². The van der Waals surface area contributed by atoms with Gasteiger partial charge in [-0.15, -0.1) is 11.3 Å². The average molecular weight is 424 g/mol. The maximum Gasteiger partial charge on any atom is 0.238 e. The van der Waals surface area contributed by atoms with Crippen LogP contribution < -0.4 is 15.0 Å². The Balaban J connectivity index is 1.29. The van der Waals surface area contributed by atoms with Crippen molar-refractivity contribution in [3.63, 3.8) is 0 Å². The molecule has 3 aromatic rings. The van der Waals surface area contributed by atoms with Crippen LogP contribution in [0.4, 0.5) is 21.0 Å². The van der Waals surface area contributed by atoms with Crippen LogP contribution in [0, 0.1) is 17.1 Å².